The van der Waals surface area contributed by atoms with Crippen molar-refractivity contribution in [1.82, 2.24) is 30.1 Å². The van der Waals surface area contributed by atoms with Crippen molar-refractivity contribution in [2.45, 2.75) is 38.1 Å². The maximum Gasteiger partial charge on any atom is 0.246 e. The molecule has 226 valence electrons. The first kappa shape index (κ1) is 32.3. The second-order valence-corrected chi connectivity index (χ2v) is 9.99. The zero-order valence-electron chi connectivity index (χ0n) is 25.0. The lowest BCUT2D eigenvalue weighted by Gasteiger charge is -2.22. The summed E-state index contributed by atoms with van der Waals surface area (Å²) in [6.07, 6.45) is 10.3. The number of nitrogens with one attached hydrogen (secondary N) is 3. The molecule has 0 bridgehead atoms. The monoisotopic (exact) mass is 578 g/mol. The lowest BCUT2D eigenvalue weighted by Crippen LogP contribution is -2.45. The number of nitrogens with zero attached hydrogens (tertiary/aromatic N) is 5. The maximum atomic E-state index is 12.8. The molecule has 2 aromatic rings. The minimum atomic E-state index is -0.420. The van der Waals surface area contributed by atoms with Crippen LogP contribution in [0.1, 0.15) is 37.7 Å². The molecule has 3 N–H and O–H groups in total. The Morgan fingerprint density at radius 2 is 2.07 bits per heavy atom. The Hall–Kier alpha value is -4.21. The maximum absolute atomic E-state index is 12.8. The van der Waals surface area contributed by atoms with Crippen molar-refractivity contribution < 1.29 is 19.1 Å². The summed E-state index contributed by atoms with van der Waals surface area (Å²) in [6, 6.07) is 3.14. The largest absolute Gasteiger partial charge is 0.481 e. The van der Waals surface area contributed by atoms with E-state index in [-0.39, 0.29) is 11.8 Å². The summed E-state index contributed by atoms with van der Waals surface area (Å²) in [5.74, 6) is 7.61. The summed E-state index contributed by atoms with van der Waals surface area (Å²) in [5, 5.41) is 9.45. The Kier molecular flexibility index (Phi) is 13.5. The molecule has 1 saturated heterocycles. The van der Waals surface area contributed by atoms with Crippen LogP contribution in [0.25, 0.3) is 0 Å². The second-order valence-electron chi connectivity index (χ2n) is 9.99. The lowest BCUT2D eigenvalue weighted by atomic mass is 10.2. The number of methoxy groups -OCH3 is 2. The molecule has 2 aromatic heterocycles. The minimum absolute atomic E-state index is 0.110. The molecule has 42 heavy (non-hydrogen) atoms. The molecule has 0 aromatic carbocycles. The van der Waals surface area contributed by atoms with E-state index in [0.717, 1.165) is 18.5 Å². The molecule has 0 radical (unpaired) electrons. The summed E-state index contributed by atoms with van der Waals surface area (Å²) < 4.78 is 10.3. The quantitative estimate of drug-likeness (QED) is 0.164. The number of hydrogen-bond acceptors (Lipinski definition) is 10. The van der Waals surface area contributed by atoms with Crippen molar-refractivity contribution in [3.8, 4) is 17.7 Å². The number of pyridine rings is 1. The van der Waals surface area contributed by atoms with Crippen LogP contribution in [0.4, 0.5) is 17.5 Å². The van der Waals surface area contributed by atoms with Crippen LogP contribution >= 0.6 is 0 Å². The van der Waals surface area contributed by atoms with Gasteiger partial charge < -0.3 is 35.2 Å². The SMILES string of the molecule is COCCCNc1nc(Nc2ccnc(OC)c2)ncc1C#CCCCNC(=O)[C@@H]1CCCN1C(=O)/C=C/CN(C)C. The summed E-state index contributed by atoms with van der Waals surface area (Å²) >= 11 is 0. The van der Waals surface area contributed by atoms with Gasteiger partial charge in [-0.3, -0.25) is 9.59 Å². The zero-order valence-corrected chi connectivity index (χ0v) is 25.0. The third-order valence-corrected chi connectivity index (χ3v) is 6.38. The molecule has 12 heteroatoms. The molecule has 1 fully saturated rings. The third-order valence-electron chi connectivity index (χ3n) is 6.38. The summed E-state index contributed by atoms with van der Waals surface area (Å²) in [6.45, 7) is 3.06. The molecule has 2 amide bonds. The first-order chi connectivity index (χ1) is 20.4. The van der Waals surface area contributed by atoms with Crippen LogP contribution in [0, 0.1) is 11.8 Å². The Morgan fingerprint density at radius 1 is 1.21 bits per heavy atom. The van der Waals surface area contributed by atoms with E-state index in [1.165, 1.54) is 0 Å². The number of unbranched alkanes of at least 4 members (excludes halogenated alkanes) is 1. The van der Waals surface area contributed by atoms with Crippen LogP contribution in [0.3, 0.4) is 0 Å². The number of rotatable bonds is 15. The highest BCUT2D eigenvalue weighted by Crippen LogP contribution is 2.20. The molecule has 0 spiro atoms. The molecule has 0 saturated carbocycles. The van der Waals surface area contributed by atoms with Crippen molar-refractivity contribution >= 4 is 29.3 Å². The molecule has 0 aliphatic carbocycles. The zero-order chi connectivity index (χ0) is 30.2. The predicted octanol–water partition coefficient (Wildman–Crippen LogP) is 2.43. The Morgan fingerprint density at radius 3 is 2.86 bits per heavy atom. The summed E-state index contributed by atoms with van der Waals surface area (Å²) in [7, 11) is 7.11. The van der Waals surface area contributed by atoms with Crippen LogP contribution < -0.4 is 20.7 Å². The first-order valence-electron chi connectivity index (χ1n) is 14.2. The molecular weight excluding hydrogens is 536 g/mol. The van der Waals surface area contributed by atoms with Crippen LogP contribution in [0.15, 0.2) is 36.7 Å². The predicted molar refractivity (Wildman–Crippen MR) is 163 cm³/mol. The van der Waals surface area contributed by atoms with E-state index in [1.807, 2.05) is 25.1 Å². The lowest BCUT2D eigenvalue weighted by molar-refractivity contribution is -0.135. The van der Waals surface area contributed by atoms with Crippen LogP contribution in [-0.2, 0) is 14.3 Å². The van der Waals surface area contributed by atoms with Gasteiger partial charge in [0.2, 0.25) is 23.6 Å². The van der Waals surface area contributed by atoms with Gasteiger partial charge in [0.05, 0.1) is 18.9 Å². The number of amides is 2. The van der Waals surface area contributed by atoms with Crippen LogP contribution in [0.2, 0.25) is 0 Å². The number of carbonyl (C=O) groups is 2. The van der Waals surface area contributed by atoms with Gasteiger partial charge in [0.25, 0.3) is 0 Å². The Bertz CT molecular complexity index is 1260. The van der Waals surface area contributed by atoms with E-state index in [9.17, 15) is 9.59 Å². The number of anilines is 3. The smallest absolute Gasteiger partial charge is 0.246 e. The number of aromatic nitrogens is 3. The average molecular weight is 579 g/mol. The number of likely N-dealkylation sites (N-methyl/N-ethyl adjacent to an activating group) is 1. The minimum Gasteiger partial charge on any atom is -0.481 e. The second kappa shape index (κ2) is 17.6. The van der Waals surface area contributed by atoms with E-state index in [1.54, 1.807) is 49.7 Å². The molecule has 1 aliphatic rings. The standard InChI is InChI=1S/C30H42N8O4/c1-37(2)18-9-13-27(39)38-19-8-12-25(38)29(40)33-15-7-5-6-11-23-22-34-30(36-28(23)32-16-10-20-41-3)35-24-14-17-31-26(21-24)42-4/h9,13-14,17,21-22,25H,5,7-8,10,12,15-16,18-20H2,1-4H3,(H,33,40)(H2,31,32,34,35,36)/b13-9+/t25-/m0/s1. The third kappa shape index (κ3) is 10.6. The van der Waals surface area contributed by atoms with Gasteiger partial charge in [-0.15, -0.1) is 0 Å². The highest BCUT2D eigenvalue weighted by molar-refractivity contribution is 5.93. The number of carbonyl (C=O) groups excluding carboxylic acids is 2. The van der Waals surface area contributed by atoms with Gasteiger partial charge in [-0.1, -0.05) is 17.9 Å². The molecule has 3 rings (SSSR count). The highest BCUT2D eigenvalue weighted by atomic mass is 16.5. The van der Waals surface area contributed by atoms with Crippen molar-refractivity contribution in [3.05, 3.63) is 42.2 Å². The van der Waals surface area contributed by atoms with Crippen LogP contribution in [0.5, 0.6) is 5.88 Å². The van der Waals surface area contributed by atoms with Crippen LogP contribution in [-0.4, -0.2) is 104 Å². The Labute approximate surface area is 248 Å². The number of likely N-dealkylation sites (tertiary alicyclic amines) is 1. The topological polar surface area (TPSA) is 134 Å². The Balaban J connectivity index is 1.53. The van der Waals surface area contributed by atoms with Crippen molar-refractivity contribution in [2.24, 2.45) is 0 Å². The number of hydrogen-bond donors (Lipinski definition) is 3. The van der Waals surface area contributed by atoms with E-state index in [4.69, 9.17) is 9.47 Å². The fourth-order valence-electron chi connectivity index (χ4n) is 4.25. The van der Waals surface area contributed by atoms with Gasteiger partial charge in [-0.05, 0) is 45.8 Å². The van der Waals surface area contributed by atoms with Gasteiger partial charge in [0, 0.05) is 70.3 Å². The fraction of sp³-hybridized carbons (Fsp3) is 0.500. The van der Waals surface area contributed by atoms with E-state index >= 15 is 0 Å². The van der Waals surface area contributed by atoms with Gasteiger partial charge in [-0.2, -0.15) is 4.98 Å². The molecule has 0 unspecified atom stereocenters. The molecule has 3 heterocycles. The van der Waals surface area contributed by atoms with E-state index < -0.39 is 6.04 Å². The van der Waals surface area contributed by atoms with Crippen molar-refractivity contribution in [2.75, 3.05) is 71.7 Å². The van der Waals surface area contributed by atoms with Crippen molar-refractivity contribution in [3.63, 3.8) is 0 Å². The van der Waals surface area contributed by atoms with Crippen molar-refractivity contribution in [1.29, 1.82) is 0 Å². The summed E-state index contributed by atoms with van der Waals surface area (Å²) in [5.41, 5.74) is 1.43. The van der Waals surface area contributed by atoms with Gasteiger partial charge in [-0.25, -0.2) is 9.97 Å². The number of ether oxygens (including phenoxy) is 2. The molecular formula is C30H42N8O4. The van der Waals surface area contributed by atoms with Gasteiger partial charge in [0.15, 0.2) is 0 Å². The normalized spacial score (nSPS) is 14.5. The highest BCUT2D eigenvalue weighted by Gasteiger charge is 2.32. The first-order valence-corrected chi connectivity index (χ1v) is 14.2. The molecule has 12 nitrogen and oxygen atoms in total. The van der Waals surface area contributed by atoms with E-state index in [0.29, 0.717) is 75.3 Å². The average Bonchev–Trinajstić information content (AvgIpc) is 3.48. The molecule has 1 atom stereocenters. The molecule has 1 aliphatic heterocycles. The van der Waals surface area contributed by atoms with Gasteiger partial charge in [0.1, 0.15) is 11.9 Å². The van der Waals surface area contributed by atoms with Gasteiger partial charge >= 0.3 is 0 Å². The summed E-state index contributed by atoms with van der Waals surface area (Å²) in [4.78, 5) is 42.1. The fourth-order valence-corrected chi connectivity index (χ4v) is 4.25. The van der Waals surface area contributed by atoms with E-state index in [2.05, 4.69) is 42.7 Å².